The molecule has 0 aliphatic carbocycles. The van der Waals surface area contributed by atoms with Gasteiger partial charge in [0.1, 0.15) is 18.5 Å². The Morgan fingerprint density at radius 1 is 1.43 bits per heavy atom. The van der Waals surface area contributed by atoms with Crippen LogP contribution in [0.15, 0.2) is 36.9 Å². The molecule has 1 N–H and O–H groups in total. The van der Waals surface area contributed by atoms with Crippen molar-refractivity contribution in [2.75, 3.05) is 33.4 Å². The molecule has 0 heterocycles. The number of nitrogens with zero attached hydrogens (tertiary/aromatic N) is 1. The average Bonchev–Trinajstić information content (AvgIpc) is 2.53. The largest absolute Gasteiger partial charge is 0.491 e. The fourth-order valence-electron chi connectivity index (χ4n) is 2.17. The number of rotatable bonds is 11. The fourth-order valence-corrected chi connectivity index (χ4v) is 2.17. The predicted octanol–water partition coefficient (Wildman–Crippen LogP) is 2.04. The van der Waals surface area contributed by atoms with E-state index in [9.17, 15) is 9.90 Å². The van der Waals surface area contributed by atoms with Gasteiger partial charge in [0.2, 0.25) is 0 Å². The lowest BCUT2D eigenvalue weighted by atomic mass is 10.1. The van der Waals surface area contributed by atoms with Crippen LogP contribution >= 0.6 is 0 Å². The monoisotopic (exact) mass is 321 g/mol. The number of benzene rings is 1. The summed E-state index contributed by atoms with van der Waals surface area (Å²) in [6.07, 6.45) is 2.24. The standard InChI is InChI=1S/C18H27NO4/c1-4-8-15-9-6-7-10-17(15)23-14-16(20)13-19(3)12-11-18(21)22-5-2/h4,6-7,9-10,16,20H,1,5,8,11-14H2,2-3H3. The Morgan fingerprint density at radius 2 is 2.17 bits per heavy atom. The summed E-state index contributed by atoms with van der Waals surface area (Å²) in [6.45, 7) is 7.09. The number of esters is 1. The molecule has 1 unspecified atom stereocenters. The fraction of sp³-hybridized carbons (Fsp3) is 0.500. The molecule has 0 aliphatic heterocycles. The number of aliphatic hydroxyl groups is 1. The van der Waals surface area contributed by atoms with Crippen molar-refractivity contribution in [3.63, 3.8) is 0 Å². The summed E-state index contributed by atoms with van der Waals surface area (Å²) >= 11 is 0. The van der Waals surface area contributed by atoms with Crippen molar-refractivity contribution in [1.29, 1.82) is 0 Å². The van der Waals surface area contributed by atoms with E-state index in [0.717, 1.165) is 17.7 Å². The molecule has 5 heteroatoms. The lowest BCUT2D eigenvalue weighted by Crippen LogP contribution is -2.34. The Kier molecular flexibility index (Phi) is 9.02. The molecule has 1 aromatic rings. The molecule has 0 spiro atoms. The zero-order chi connectivity index (χ0) is 17.1. The molecule has 1 atom stereocenters. The zero-order valence-corrected chi connectivity index (χ0v) is 14.0. The van der Waals surface area contributed by atoms with Crippen LogP contribution in [0.3, 0.4) is 0 Å². The summed E-state index contributed by atoms with van der Waals surface area (Å²) in [5.74, 6) is 0.545. The van der Waals surface area contributed by atoms with Crippen LogP contribution in [0.1, 0.15) is 18.9 Å². The highest BCUT2D eigenvalue weighted by molar-refractivity contribution is 5.69. The Morgan fingerprint density at radius 3 is 2.87 bits per heavy atom. The Balaban J connectivity index is 2.35. The van der Waals surface area contributed by atoms with Crippen molar-refractivity contribution in [2.45, 2.75) is 25.9 Å². The molecule has 0 saturated heterocycles. The van der Waals surface area contributed by atoms with Crippen LogP contribution in [0.5, 0.6) is 5.75 Å². The first-order chi connectivity index (χ1) is 11.1. The van der Waals surface area contributed by atoms with Gasteiger partial charge >= 0.3 is 5.97 Å². The first kappa shape index (κ1) is 19.2. The number of hydrogen-bond acceptors (Lipinski definition) is 5. The maximum Gasteiger partial charge on any atom is 0.307 e. The maximum atomic E-state index is 11.3. The number of carbonyl (C=O) groups excluding carboxylic acids is 1. The van der Waals surface area contributed by atoms with E-state index < -0.39 is 6.10 Å². The van der Waals surface area contributed by atoms with Crippen molar-refractivity contribution < 1.29 is 19.4 Å². The summed E-state index contributed by atoms with van der Waals surface area (Å²) in [6, 6.07) is 7.72. The van der Waals surface area contributed by atoms with Crippen molar-refractivity contribution in [3.8, 4) is 5.75 Å². The van der Waals surface area contributed by atoms with E-state index in [1.165, 1.54) is 0 Å². The van der Waals surface area contributed by atoms with Crippen molar-refractivity contribution in [2.24, 2.45) is 0 Å². The molecule has 0 radical (unpaired) electrons. The van der Waals surface area contributed by atoms with E-state index in [0.29, 0.717) is 26.1 Å². The van der Waals surface area contributed by atoms with Gasteiger partial charge in [-0.25, -0.2) is 0 Å². The minimum Gasteiger partial charge on any atom is -0.491 e. The molecular formula is C18H27NO4. The summed E-state index contributed by atoms with van der Waals surface area (Å²) in [5.41, 5.74) is 1.05. The van der Waals surface area contributed by atoms with Crippen LogP contribution in [0.25, 0.3) is 0 Å². The SMILES string of the molecule is C=CCc1ccccc1OCC(O)CN(C)CCC(=O)OCC. The van der Waals surface area contributed by atoms with Crippen LogP contribution in [-0.2, 0) is 16.0 Å². The molecular weight excluding hydrogens is 294 g/mol. The summed E-state index contributed by atoms with van der Waals surface area (Å²) in [4.78, 5) is 13.2. The minimum absolute atomic E-state index is 0.206. The lowest BCUT2D eigenvalue weighted by Gasteiger charge is -2.21. The second-order valence-corrected chi connectivity index (χ2v) is 5.38. The highest BCUT2D eigenvalue weighted by Crippen LogP contribution is 2.18. The second-order valence-electron chi connectivity index (χ2n) is 5.38. The number of likely N-dealkylation sites (N-methyl/N-ethyl adjacent to an activating group) is 1. The van der Waals surface area contributed by atoms with Gasteiger partial charge in [0.15, 0.2) is 0 Å². The molecule has 0 aliphatic rings. The number of hydrogen-bond donors (Lipinski definition) is 1. The van der Waals surface area contributed by atoms with Crippen molar-refractivity contribution in [1.82, 2.24) is 4.90 Å². The van der Waals surface area contributed by atoms with Gasteiger partial charge in [0, 0.05) is 13.1 Å². The first-order valence-corrected chi connectivity index (χ1v) is 7.90. The van der Waals surface area contributed by atoms with Gasteiger partial charge in [-0.15, -0.1) is 6.58 Å². The first-order valence-electron chi connectivity index (χ1n) is 7.90. The lowest BCUT2D eigenvalue weighted by molar-refractivity contribution is -0.143. The van der Waals surface area contributed by atoms with E-state index in [1.54, 1.807) is 6.92 Å². The predicted molar refractivity (Wildman–Crippen MR) is 90.6 cm³/mol. The molecule has 5 nitrogen and oxygen atoms in total. The Labute approximate surface area is 138 Å². The van der Waals surface area contributed by atoms with Gasteiger partial charge in [-0.3, -0.25) is 4.79 Å². The molecule has 23 heavy (non-hydrogen) atoms. The second kappa shape index (κ2) is 10.8. The summed E-state index contributed by atoms with van der Waals surface area (Å²) in [7, 11) is 1.86. The van der Waals surface area contributed by atoms with E-state index in [4.69, 9.17) is 9.47 Å². The molecule has 128 valence electrons. The Bertz CT molecular complexity index is 490. The summed E-state index contributed by atoms with van der Waals surface area (Å²) in [5, 5.41) is 10.1. The average molecular weight is 321 g/mol. The smallest absolute Gasteiger partial charge is 0.307 e. The highest BCUT2D eigenvalue weighted by Gasteiger charge is 2.12. The number of carbonyl (C=O) groups is 1. The third kappa shape index (κ3) is 7.81. The van der Waals surface area contributed by atoms with Gasteiger partial charge in [0.05, 0.1) is 13.0 Å². The van der Waals surface area contributed by atoms with Gasteiger partial charge < -0.3 is 19.5 Å². The van der Waals surface area contributed by atoms with Crippen molar-refractivity contribution in [3.05, 3.63) is 42.5 Å². The molecule has 0 amide bonds. The van der Waals surface area contributed by atoms with E-state index in [-0.39, 0.29) is 12.6 Å². The number of allylic oxidation sites excluding steroid dienone is 1. The van der Waals surface area contributed by atoms with Gasteiger partial charge in [-0.1, -0.05) is 24.3 Å². The van der Waals surface area contributed by atoms with E-state index in [2.05, 4.69) is 6.58 Å². The third-order valence-corrected chi connectivity index (χ3v) is 3.29. The van der Waals surface area contributed by atoms with Crippen LogP contribution in [0, 0.1) is 0 Å². The van der Waals surface area contributed by atoms with E-state index in [1.807, 2.05) is 42.3 Å². The minimum atomic E-state index is -0.626. The molecule has 0 saturated carbocycles. The maximum absolute atomic E-state index is 11.3. The molecule has 0 bridgehead atoms. The van der Waals surface area contributed by atoms with Crippen LogP contribution < -0.4 is 4.74 Å². The van der Waals surface area contributed by atoms with E-state index >= 15 is 0 Å². The normalized spacial score (nSPS) is 12.0. The molecule has 1 aromatic carbocycles. The van der Waals surface area contributed by atoms with Crippen LogP contribution in [0.4, 0.5) is 0 Å². The third-order valence-electron chi connectivity index (χ3n) is 3.29. The van der Waals surface area contributed by atoms with Crippen LogP contribution in [-0.4, -0.2) is 55.4 Å². The zero-order valence-electron chi connectivity index (χ0n) is 14.0. The quantitative estimate of drug-likeness (QED) is 0.499. The van der Waals surface area contributed by atoms with Gasteiger partial charge in [-0.2, -0.15) is 0 Å². The topological polar surface area (TPSA) is 59.0 Å². The number of aliphatic hydroxyl groups excluding tert-OH is 1. The van der Waals surface area contributed by atoms with Gasteiger partial charge in [-0.05, 0) is 32.0 Å². The van der Waals surface area contributed by atoms with Crippen molar-refractivity contribution >= 4 is 5.97 Å². The summed E-state index contributed by atoms with van der Waals surface area (Å²) < 4.78 is 10.6. The Hall–Kier alpha value is -1.85. The number of para-hydroxylation sites is 1. The number of ether oxygens (including phenoxy) is 2. The molecule has 0 aromatic heterocycles. The highest BCUT2D eigenvalue weighted by atomic mass is 16.5. The van der Waals surface area contributed by atoms with Crippen LogP contribution in [0.2, 0.25) is 0 Å². The molecule has 1 rings (SSSR count). The van der Waals surface area contributed by atoms with Gasteiger partial charge in [0.25, 0.3) is 0 Å². The molecule has 0 fully saturated rings.